The van der Waals surface area contributed by atoms with Crippen molar-refractivity contribution < 1.29 is 0 Å². The van der Waals surface area contributed by atoms with E-state index in [1.165, 1.54) is 38.7 Å². The van der Waals surface area contributed by atoms with Crippen LogP contribution in [0.1, 0.15) is 33.5 Å². The Morgan fingerprint density at radius 2 is 1.19 bits per heavy atom. The Kier molecular flexibility index (Phi) is 4.76. The first-order chi connectivity index (χ1) is 13.2. The molecule has 4 aromatic rings. The summed E-state index contributed by atoms with van der Waals surface area (Å²) in [6, 6.07) is 25.4. The van der Waals surface area contributed by atoms with Crippen LogP contribution in [0.5, 0.6) is 0 Å². The maximum Gasteiger partial charge on any atom is 0.0467 e. The maximum absolute atomic E-state index is 3.60. The van der Waals surface area contributed by atoms with Crippen LogP contribution in [0.3, 0.4) is 0 Å². The minimum absolute atomic E-state index is 1.13. The van der Waals surface area contributed by atoms with Gasteiger partial charge in [-0.1, -0.05) is 78.9 Å². The predicted molar refractivity (Wildman–Crippen MR) is 119 cm³/mol. The second kappa shape index (κ2) is 7.51. The minimum atomic E-state index is 1.13. The van der Waals surface area contributed by atoms with E-state index in [1.54, 1.807) is 0 Å². The highest BCUT2D eigenvalue weighted by Crippen LogP contribution is 2.28. The third-order valence-electron chi connectivity index (χ3n) is 4.97. The molecule has 1 nitrogen and oxygen atoms in total. The summed E-state index contributed by atoms with van der Waals surface area (Å²) in [5.41, 5.74) is 8.55. The summed E-state index contributed by atoms with van der Waals surface area (Å²) in [6.45, 7) is 4.33. The van der Waals surface area contributed by atoms with Gasteiger partial charge in [-0.25, -0.2) is 0 Å². The number of fused-ring (bicyclic) bond motifs is 1. The number of hydrogen-bond donors (Lipinski definition) is 1. The molecule has 0 aliphatic carbocycles. The van der Waals surface area contributed by atoms with Crippen LogP contribution in [-0.2, 0) is 0 Å². The molecular weight excluding hydrogens is 326 g/mol. The zero-order chi connectivity index (χ0) is 18.6. The van der Waals surface area contributed by atoms with Gasteiger partial charge in [0.15, 0.2) is 0 Å². The number of benzene rings is 3. The van der Waals surface area contributed by atoms with Gasteiger partial charge in [-0.2, -0.15) is 0 Å². The minimum Gasteiger partial charge on any atom is -0.355 e. The van der Waals surface area contributed by atoms with Gasteiger partial charge in [-0.3, -0.25) is 0 Å². The second-order valence-corrected chi connectivity index (χ2v) is 6.92. The first kappa shape index (κ1) is 17.1. The van der Waals surface area contributed by atoms with E-state index in [2.05, 4.69) is 104 Å². The average Bonchev–Trinajstić information content (AvgIpc) is 3.03. The van der Waals surface area contributed by atoms with E-state index in [0.717, 1.165) is 5.69 Å². The van der Waals surface area contributed by atoms with Crippen molar-refractivity contribution in [1.82, 2.24) is 4.98 Å². The Balaban J connectivity index is 1.81. The van der Waals surface area contributed by atoms with Crippen LogP contribution in [0.15, 0.2) is 72.8 Å². The van der Waals surface area contributed by atoms with Crippen molar-refractivity contribution in [3.8, 4) is 0 Å². The van der Waals surface area contributed by atoms with Crippen molar-refractivity contribution in [3.05, 3.63) is 106 Å². The van der Waals surface area contributed by atoms with Gasteiger partial charge in [0.1, 0.15) is 0 Å². The van der Waals surface area contributed by atoms with Crippen LogP contribution in [0.25, 0.3) is 35.2 Å². The molecule has 0 aliphatic heterocycles. The Morgan fingerprint density at radius 1 is 0.630 bits per heavy atom. The molecule has 0 amide bonds. The molecule has 132 valence electrons. The number of hydrogen-bond acceptors (Lipinski definition) is 0. The molecule has 0 spiro atoms. The number of H-pyrrole nitrogens is 1. The number of aromatic nitrogens is 1. The molecule has 0 bridgehead atoms. The van der Waals surface area contributed by atoms with E-state index >= 15 is 0 Å². The highest BCUT2D eigenvalue weighted by molar-refractivity contribution is 5.97. The van der Waals surface area contributed by atoms with Gasteiger partial charge in [-0.05, 0) is 54.3 Å². The van der Waals surface area contributed by atoms with Crippen LogP contribution < -0.4 is 0 Å². The van der Waals surface area contributed by atoms with Gasteiger partial charge in [-0.15, -0.1) is 0 Å². The first-order valence-corrected chi connectivity index (χ1v) is 9.30. The molecule has 4 rings (SSSR count). The molecule has 0 unspecified atom stereocenters. The van der Waals surface area contributed by atoms with E-state index in [4.69, 9.17) is 0 Å². The predicted octanol–water partition coefficient (Wildman–Crippen LogP) is 7.13. The molecule has 1 N–H and O–H groups in total. The summed E-state index contributed by atoms with van der Waals surface area (Å²) in [4.78, 5) is 3.60. The topological polar surface area (TPSA) is 15.8 Å². The summed E-state index contributed by atoms with van der Waals surface area (Å²) >= 11 is 0. The van der Waals surface area contributed by atoms with Crippen molar-refractivity contribution in [2.45, 2.75) is 13.8 Å². The molecule has 0 fully saturated rings. The van der Waals surface area contributed by atoms with E-state index in [1.807, 2.05) is 12.1 Å². The summed E-state index contributed by atoms with van der Waals surface area (Å²) < 4.78 is 0. The molecule has 27 heavy (non-hydrogen) atoms. The van der Waals surface area contributed by atoms with Gasteiger partial charge in [0.2, 0.25) is 0 Å². The summed E-state index contributed by atoms with van der Waals surface area (Å²) in [5, 5.41) is 1.26. The summed E-state index contributed by atoms with van der Waals surface area (Å²) in [5.74, 6) is 0. The second-order valence-electron chi connectivity index (χ2n) is 6.92. The zero-order valence-corrected chi connectivity index (χ0v) is 15.7. The Labute approximate surface area is 160 Å². The van der Waals surface area contributed by atoms with Gasteiger partial charge in [0.25, 0.3) is 0 Å². The van der Waals surface area contributed by atoms with Crippen LogP contribution >= 0.6 is 0 Å². The quantitative estimate of drug-likeness (QED) is 0.403. The lowest BCUT2D eigenvalue weighted by Crippen LogP contribution is -1.80. The number of nitrogens with one attached hydrogen (secondary N) is 1. The SMILES string of the molecule is Cc1cc2[nH]c(/C=C/c3ccccc3)c(/C=C/c3ccccc3)c2cc1C. The highest BCUT2D eigenvalue weighted by atomic mass is 14.7. The van der Waals surface area contributed by atoms with Crippen LogP contribution in [-0.4, -0.2) is 4.98 Å². The number of aromatic amines is 1. The Hall–Kier alpha value is -3.32. The van der Waals surface area contributed by atoms with Gasteiger partial charge in [0.05, 0.1) is 0 Å². The normalized spacial score (nSPS) is 11.8. The van der Waals surface area contributed by atoms with E-state index in [-0.39, 0.29) is 0 Å². The lowest BCUT2D eigenvalue weighted by molar-refractivity contribution is 1.35. The van der Waals surface area contributed by atoms with Crippen molar-refractivity contribution in [3.63, 3.8) is 0 Å². The first-order valence-electron chi connectivity index (χ1n) is 9.30. The lowest BCUT2D eigenvalue weighted by atomic mass is 10.0. The van der Waals surface area contributed by atoms with Crippen LogP contribution in [0.4, 0.5) is 0 Å². The molecule has 0 atom stereocenters. The summed E-state index contributed by atoms with van der Waals surface area (Å²) in [7, 11) is 0. The standard InChI is InChI=1S/C26H23N/c1-19-17-24-23(15-13-21-9-5-3-6-10-21)25(27-26(24)18-20(19)2)16-14-22-11-7-4-8-12-22/h3-18,27H,1-2H3/b15-13+,16-14+. The zero-order valence-electron chi connectivity index (χ0n) is 15.7. The van der Waals surface area contributed by atoms with Gasteiger partial charge < -0.3 is 4.98 Å². The molecule has 0 saturated heterocycles. The Morgan fingerprint density at radius 3 is 1.81 bits per heavy atom. The number of aryl methyl sites for hydroxylation is 2. The molecule has 1 heterocycles. The van der Waals surface area contributed by atoms with E-state index < -0.39 is 0 Å². The van der Waals surface area contributed by atoms with E-state index in [9.17, 15) is 0 Å². The van der Waals surface area contributed by atoms with Crippen molar-refractivity contribution >= 4 is 35.2 Å². The number of rotatable bonds is 4. The fourth-order valence-corrected chi connectivity index (χ4v) is 3.30. The fraction of sp³-hybridized carbons (Fsp3) is 0.0769. The van der Waals surface area contributed by atoms with Crippen molar-refractivity contribution in [2.24, 2.45) is 0 Å². The van der Waals surface area contributed by atoms with Crippen molar-refractivity contribution in [1.29, 1.82) is 0 Å². The molecule has 3 aromatic carbocycles. The fourth-order valence-electron chi connectivity index (χ4n) is 3.30. The molecule has 1 aromatic heterocycles. The maximum atomic E-state index is 3.60. The molecule has 1 heteroatoms. The molecule has 0 radical (unpaired) electrons. The van der Waals surface area contributed by atoms with E-state index in [0.29, 0.717) is 0 Å². The Bertz CT molecular complexity index is 1110. The average molecular weight is 349 g/mol. The van der Waals surface area contributed by atoms with Gasteiger partial charge in [0, 0.05) is 22.2 Å². The monoisotopic (exact) mass is 349 g/mol. The lowest BCUT2D eigenvalue weighted by Gasteiger charge is -2.01. The van der Waals surface area contributed by atoms with Crippen LogP contribution in [0.2, 0.25) is 0 Å². The third-order valence-corrected chi connectivity index (χ3v) is 4.97. The molecule has 0 aliphatic rings. The smallest absolute Gasteiger partial charge is 0.0467 e. The van der Waals surface area contributed by atoms with Gasteiger partial charge >= 0.3 is 0 Å². The molecule has 0 saturated carbocycles. The van der Waals surface area contributed by atoms with Crippen LogP contribution in [0, 0.1) is 13.8 Å². The molecular formula is C26H23N. The largest absolute Gasteiger partial charge is 0.355 e. The highest BCUT2D eigenvalue weighted by Gasteiger charge is 2.09. The summed E-state index contributed by atoms with van der Waals surface area (Å²) in [6.07, 6.45) is 8.72. The third kappa shape index (κ3) is 3.78. The van der Waals surface area contributed by atoms with Crippen molar-refractivity contribution in [2.75, 3.05) is 0 Å².